The number of nitrogens with one attached hydrogen (secondary N) is 2. The number of rotatable bonds is 1. The Hall–Kier alpha value is -5.24. The highest BCUT2D eigenvalue weighted by molar-refractivity contribution is 6.13. The van der Waals surface area contributed by atoms with Gasteiger partial charge in [-0.1, -0.05) is 18.2 Å². The number of H-pyrrole nitrogens is 2. The molecule has 8 heteroatoms. The number of benzene rings is 2. The number of aryl methyl sites for hydroxylation is 2. The second-order valence-electron chi connectivity index (χ2n) is 9.94. The van der Waals surface area contributed by atoms with E-state index >= 15 is 0 Å². The molecule has 0 unspecified atom stereocenters. The summed E-state index contributed by atoms with van der Waals surface area (Å²) in [5.74, 6) is -0.574. The highest BCUT2D eigenvalue weighted by atomic mass is 16.2. The molecule has 2 N–H and O–H groups in total. The van der Waals surface area contributed by atoms with Gasteiger partial charge in [-0.15, -0.1) is 0 Å². The molecule has 6 heterocycles. The molecule has 0 saturated carbocycles. The van der Waals surface area contributed by atoms with Gasteiger partial charge < -0.3 is 9.97 Å². The fourth-order valence-electron chi connectivity index (χ4n) is 6.07. The van der Waals surface area contributed by atoms with Crippen LogP contribution in [0.2, 0.25) is 0 Å². The number of carbonyl (C=O) groups excluding carboxylic acids is 2. The van der Waals surface area contributed by atoms with E-state index in [0.29, 0.717) is 55.6 Å². The van der Waals surface area contributed by atoms with Gasteiger partial charge in [0.05, 0.1) is 28.2 Å². The highest BCUT2D eigenvalue weighted by Gasteiger charge is 2.35. The number of pyridine rings is 2. The van der Waals surface area contributed by atoms with Crippen LogP contribution >= 0.6 is 0 Å². The van der Waals surface area contributed by atoms with E-state index in [0.717, 1.165) is 11.1 Å². The number of carbonyl (C=O) groups is 2. The molecule has 0 spiro atoms. The van der Waals surface area contributed by atoms with Crippen molar-refractivity contribution in [1.29, 1.82) is 0 Å². The summed E-state index contributed by atoms with van der Waals surface area (Å²) in [7, 11) is 0. The maximum atomic E-state index is 13.7. The molecule has 0 saturated heterocycles. The first-order chi connectivity index (χ1) is 18.3. The quantitative estimate of drug-likeness (QED) is 0.345. The van der Waals surface area contributed by atoms with Crippen LogP contribution in [-0.2, 0) is 0 Å². The molecule has 8 rings (SSSR count). The molecule has 8 nitrogen and oxygen atoms in total. The molecule has 0 aliphatic carbocycles. The zero-order valence-electron chi connectivity index (χ0n) is 20.3. The van der Waals surface area contributed by atoms with E-state index < -0.39 is 0 Å². The molecule has 0 bridgehead atoms. The van der Waals surface area contributed by atoms with Gasteiger partial charge in [0.25, 0.3) is 11.8 Å². The summed E-state index contributed by atoms with van der Waals surface area (Å²) in [5.41, 5.74) is 6.03. The van der Waals surface area contributed by atoms with Gasteiger partial charge in [0, 0.05) is 28.0 Å². The Bertz CT molecular complexity index is 2240. The third-order valence-electron chi connectivity index (χ3n) is 7.81. The van der Waals surface area contributed by atoms with E-state index in [-0.39, 0.29) is 34.1 Å². The number of para-hydroxylation sites is 1. The Morgan fingerprint density at radius 2 is 1.34 bits per heavy atom. The smallest absolute Gasteiger partial charge is 0.280 e. The van der Waals surface area contributed by atoms with Gasteiger partial charge >= 0.3 is 0 Å². The van der Waals surface area contributed by atoms with Crippen LogP contribution < -0.4 is 10.9 Å². The highest BCUT2D eigenvalue weighted by Crippen LogP contribution is 2.39. The van der Waals surface area contributed by atoms with Crippen LogP contribution in [0.25, 0.3) is 55.6 Å². The first-order valence-electron chi connectivity index (χ1n) is 12.2. The number of nitrogens with zero attached hydrogens (tertiary/aromatic N) is 2. The summed E-state index contributed by atoms with van der Waals surface area (Å²) >= 11 is 0. The molecule has 6 aromatic rings. The van der Waals surface area contributed by atoms with Gasteiger partial charge in [-0.3, -0.25) is 28.3 Å². The van der Waals surface area contributed by atoms with Crippen molar-refractivity contribution in [2.24, 2.45) is 0 Å². The van der Waals surface area contributed by atoms with E-state index in [1.54, 1.807) is 41.1 Å². The molecule has 2 aliphatic heterocycles. The van der Waals surface area contributed by atoms with Crippen LogP contribution in [0.4, 0.5) is 0 Å². The molecule has 38 heavy (non-hydrogen) atoms. The number of hydrogen-bond donors (Lipinski definition) is 2. The molecule has 0 radical (unpaired) electrons. The Balaban J connectivity index is 1.37. The predicted octanol–water partition coefficient (Wildman–Crippen LogP) is 4.59. The lowest BCUT2D eigenvalue weighted by molar-refractivity contribution is 0.0957. The van der Waals surface area contributed by atoms with Crippen molar-refractivity contribution in [2.45, 2.75) is 13.8 Å². The van der Waals surface area contributed by atoms with Crippen LogP contribution in [0.15, 0.2) is 70.4 Å². The van der Waals surface area contributed by atoms with E-state index in [1.165, 1.54) is 4.57 Å². The van der Waals surface area contributed by atoms with Crippen molar-refractivity contribution < 1.29 is 9.59 Å². The largest absolute Gasteiger partial charge is 0.350 e. The third-order valence-corrected chi connectivity index (χ3v) is 7.81. The third kappa shape index (κ3) is 2.35. The van der Waals surface area contributed by atoms with Gasteiger partial charge in [-0.25, -0.2) is 0 Å². The molecule has 2 aromatic carbocycles. The van der Waals surface area contributed by atoms with Crippen molar-refractivity contribution in [3.05, 3.63) is 104 Å². The van der Waals surface area contributed by atoms with Crippen LogP contribution in [0.3, 0.4) is 0 Å². The summed E-state index contributed by atoms with van der Waals surface area (Å²) in [5, 5.41) is 0.941. The SMILES string of the molecule is Cc1ccn2c1-c1c([nH]c3ccc(-c4cc(C)c5n4C(=O)c4[nH]c6ccccc6c(=O)c4-5)cc3c1=O)C2=O. The lowest BCUT2D eigenvalue weighted by Gasteiger charge is -2.08. The Kier molecular flexibility index (Phi) is 3.71. The van der Waals surface area contributed by atoms with Crippen LogP contribution in [0, 0.1) is 13.8 Å². The summed E-state index contributed by atoms with van der Waals surface area (Å²) in [4.78, 5) is 60.0. The standard InChI is InChI=1S/C30H18N4O4/c1-13-9-10-33-25(13)21-23(29(33)37)32-19-8-7-15(12-17(19)28(21)36)20-11-14(2)26-22-24(30(38)34(20)26)31-18-6-4-3-5-16(18)27(22)35/h3-12H,1-2H3,(H,31,35)(H,32,36). The predicted molar refractivity (Wildman–Crippen MR) is 144 cm³/mol. The van der Waals surface area contributed by atoms with Crippen molar-refractivity contribution in [2.75, 3.05) is 0 Å². The molecule has 2 aliphatic rings. The van der Waals surface area contributed by atoms with E-state index in [4.69, 9.17) is 0 Å². The van der Waals surface area contributed by atoms with Gasteiger partial charge in [0.2, 0.25) is 0 Å². The first-order valence-corrected chi connectivity index (χ1v) is 12.2. The molecular weight excluding hydrogens is 480 g/mol. The van der Waals surface area contributed by atoms with E-state index in [2.05, 4.69) is 9.97 Å². The number of aromatic nitrogens is 4. The van der Waals surface area contributed by atoms with Crippen molar-refractivity contribution in [3.63, 3.8) is 0 Å². The Labute approximate surface area is 213 Å². The Morgan fingerprint density at radius 3 is 2.16 bits per heavy atom. The molecule has 0 atom stereocenters. The monoisotopic (exact) mass is 498 g/mol. The minimum atomic E-state index is -0.317. The topological polar surface area (TPSA) is 110 Å². The lowest BCUT2D eigenvalue weighted by Crippen LogP contribution is -2.13. The van der Waals surface area contributed by atoms with Gasteiger partial charge in [-0.2, -0.15) is 0 Å². The van der Waals surface area contributed by atoms with Gasteiger partial charge in [0.15, 0.2) is 10.9 Å². The summed E-state index contributed by atoms with van der Waals surface area (Å²) in [6, 6.07) is 16.1. The molecule has 4 aromatic heterocycles. The zero-order chi connectivity index (χ0) is 26.0. The fraction of sp³-hybridized carbons (Fsp3) is 0.0667. The summed E-state index contributed by atoms with van der Waals surface area (Å²) < 4.78 is 3.05. The van der Waals surface area contributed by atoms with Crippen molar-refractivity contribution in [1.82, 2.24) is 19.1 Å². The average Bonchev–Trinajstić information content (AvgIpc) is 3.62. The maximum absolute atomic E-state index is 13.7. The normalized spacial score (nSPS) is 13.3. The van der Waals surface area contributed by atoms with Crippen molar-refractivity contribution in [3.8, 4) is 33.8 Å². The maximum Gasteiger partial charge on any atom is 0.280 e. The molecule has 182 valence electrons. The van der Waals surface area contributed by atoms with Gasteiger partial charge in [0.1, 0.15) is 11.4 Å². The zero-order valence-corrected chi connectivity index (χ0v) is 20.3. The minimum Gasteiger partial charge on any atom is -0.350 e. The molecule has 0 amide bonds. The molecular formula is C30H18N4O4. The number of hydrogen-bond acceptors (Lipinski definition) is 4. The van der Waals surface area contributed by atoms with Gasteiger partial charge in [-0.05, 0) is 66.9 Å². The van der Waals surface area contributed by atoms with Crippen LogP contribution in [-0.4, -0.2) is 30.9 Å². The summed E-state index contributed by atoms with van der Waals surface area (Å²) in [6.45, 7) is 3.74. The lowest BCUT2D eigenvalue weighted by atomic mass is 10.0. The number of fused-ring (bicyclic) bond motifs is 8. The second-order valence-corrected chi connectivity index (χ2v) is 9.94. The van der Waals surface area contributed by atoms with Crippen LogP contribution in [0.5, 0.6) is 0 Å². The fourth-order valence-corrected chi connectivity index (χ4v) is 6.07. The average molecular weight is 498 g/mol. The van der Waals surface area contributed by atoms with E-state index in [9.17, 15) is 19.2 Å². The minimum absolute atomic E-state index is 0.192. The van der Waals surface area contributed by atoms with Crippen molar-refractivity contribution >= 4 is 33.6 Å². The molecule has 0 fully saturated rings. The first kappa shape index (κ1) is 20.9. The number of aromatic amines is 2. The Morgan fingerprint density at radius 1 is 0.658 bits per heavy atom. The van der Waals surface area contributed by atoms with Crippen LogP contribution in [0.1, 0.15) is 32.1 Å². The second kappa shape index (κ2) is 6.74. The summed E-state index contributed by atoms with van der Waals surface area (Å²) in [6.07, 6.45) is 1.68. The van der Waals surface area contributed by atoms with E-state index in [1.807, 2.05) is 38.1 Å².